The largest absolute Gasteiger partial charge is 0.357 e. The van der Waals surface area contributed by atoms with Gasteiger partial charge < -0.3 is 4.90 Å². The molecule has 20 heavy (non-hydrogen) atoms. The molecule has 5 nitrogen and oxygen atoms in total. The van der Waals surface area contributed by atoms with Crippen molar-refractivity contribution in [2.75, 3.05) is 31.1 Å². The van der Waals surface area contributed by atoms with Crippen LogP contribution in [0.25, 0.3) is 0 Å². The van der Waals surface area contributed by atoms with Crippen LogP contribution in [-0.4, -0.2) is 43.9 Å². The van der Waals surface area contributed by atoms with E-state index in [1.165, 1.54) is 25.5 Å². The van der Waals surface area contributed by atoms with Gasteiger partial charge >= 0.3 is 0 Å². The van der Waals surface area contributed by atoms with E-state index in [1.54, 1.807) is 10.4 Å². The molecule has 2 saturated heterocycles. The maximum absolute atomic E-state index is 12.4. The van der Waals surface area contributed by atoms with Crippen molar-refractivity contribution in [1.29, 1.82) is 0 Å². The van der Waals surface area contributed by atoms with E-state index in [1.807, 2.05) is 6.07 Å². The molecule has 0 radical (unpaired) electrons. The van der Waals surface area contributed by atoms with Crippen LogP contribution in [0.1, 0.15) is 32.1 Å². The van der Waals surface area contributed by atoms with Crippen molar-refractivity contribution >= 4 is 15.8 Å². The number of rotatable bonds is 3. The molecular weight excluding hydrogens is 274 g/mol. The van der Waals surface area contributed by atoms with Crippen molar-refractivity contribution in [3.63, 3.8) is 0 Å². The zero-order valence-corrected chi connectivity index (χ0v) is 12.5. The summed E-state index contributed by atoms with van der Waals surface area (Å²) >= 11 is 0. The second kappa shape index (κ2) is 5.69. The quantitative estimate of drug-likeness (QED) is 0.854. The maximum atomic E-state index is 12.4. The zero-order chi connectivity index (χ0) is 14.0. The lowest BCUT2D eigenvalue weighted by Crippen LogP contribution is -2.30. The van der Waals surface area contributed by atoms with Gasteiger partial charge in [0.1, 0.15) is 10.7 Å². The van der Waals surface area contributed by atoms with Gasteiger partial charge in [-0.3, -0.25) is 0 Å². The Balaban J connectivity index is 1.78. The highest BCUT2D eigenvalue weighted by atomic mass is 32.2. The van der Waals surface area contributed by atoms with E-state index in [0.717, 1.165) is 31.7 Å². The predicted molar refractivity (Wildman–Crippen MR) is 78.3 cm³/mol. The monoisotopic (exact) mass is 295 g/mol. The molecule has 0 bridgehead atoms. The lowest BCUT2D eigenvalue weighted by molar-refractivity contribution is 0.477. The van der Waals surface area contributed by atoms with Gasteiger partial charge in [-0.25, -0.2) is 13.4 Å². The Morgan fingerprint density at radius 2 is 1.55 bits per heavy atom. The van der Waals surface area contributed by atoms with Crippen LogP contribution in [0, 0.1) is 0 Å². The minimum atomic E-state index is -3.33. The standard InChI is InChI=1S/C14H21N3O2S/c18-20(19,17-10-4-5-11-17)13-6-7-14(15-12-13)16-8-2-1-3-9-16/h6-7,12H,1-5,8-11H2. The van der Waals surface area contributed by atoms with Gasteiger partial charge in [0.05, 0.1) is 0 Å². The zero-order valence-electron chi connectivity index (χ0n) is 11.7. The van der Waals surface area contributed by atoms with Gasteiger partial charge in [-0.05, 0) is 44.2 Å². The van der Waals surface area contributed by atoms with Gasteiger partial charge in [-0.1, -0.05) is 0 Å². The number of nitrogens with zero attached hydrogens (tertiary/aromatic N) is 3. The van der Waals surface area contributed by atoms with E-state index in [2.05, 4.69) is 9.88 Å². The van der Waals surface area contributed by atoms with Gasteiger partial charge in [0, 0.05) is 32.4 Å². The highest BCUT2D eigenvalue weighted by Gasteiger charge is 2.27. The Labute approximate surface area is 120 Å². The molecule has 6 heteroatoms. The van der Waals surface area contributed by atoms with Crippen LogP contribution in [-0.2, 0) is 10.0 Å². The highest BCUT2D eigenvalue weighted by Crippen LogP contribution is 2.23. The van der Waals surface area contributed by atoms with E-state index in [-0.39, 0.29) is 0 Å². The number of hydrogen-bond acceptors (Lipinski definition) is 4. The third-order valence-electron chi connectivity index (χ3n) is 4.10. The molecule has 1 aromatic heterocycles. The molecule has 0 atom stereocenters. The molecule has 3 heterocycles. The van der Waals surface area contributed by atoms with Crippen LogP contribution in [0.4, 0.5) is 5.82 Å². The van der Waals surface area contributed by atoms with E-state index in [9.17, 15) is 8.42 Å². The molecule has 0 saturated carbocycles. The molecule has 2 aliphatic heterocycles. The molecule has 1 aromatic rings. The number of pyridine rings is 1. The molecule has 0 aromatic carbocycles. The molecular formula is C14H21N3O2S. The predicted octanol–water partition coefficient (Wildman–Crippen LogP) is 1.86. The molecule has 110 valence electrons. The van der Waals surface area contributed by atoms with Gasteiger partial charge in [-0.2, -0.15) is 4.31 Å². The molecule has 0 unspecified atom stereocenters. The van der Waals surface area contributed by atoms with Crippen LogP contribution < -0.4 is 4.90 Å². The van der Waals surface area contributed by atoms with Crippen molar-refractivity contribution in [2.24, 2.45) is 0 Å². The lowest BCUT2D eigenvalue weighted by Gasteiger charge is -2.27. The summed E-state index contributed by atoms with van der Waals surface area (Å²) in [6.07, 6.45) is 7.08. The molecule has 2 aliphatic rings. The first-order valence-electron chi connectivity index (χ1n) is 7.39. The van der Waals surface area contributed by atoms with Crippen molar-refractivity contribution in [2.45, 2.75) is 37.0 Å². The topological polar surface area (TPSA) is 53.5 Å². The van der Waals surface area contributed by atoms with E-state index in [4.69, 9.17) is 0 Å². The molecule has 0 aliphatic carbocycles. The summed E-state index contributed by atoms with van der Waals surface area (Å²) in [6, 6.07) is 3.54. The molecule has 3 rings (SSSR count). The van der Waals surface area contributed by atoms with Crippen LogP contribution in [0.2, 0.25) is 0 Å². The number of sulfonamides is 1. The summed E-state index contributed by atoms with van der Waals surface area (Å²) in [5.74, 6) is 0.894. The fourth-order valence-electron chi connectivity index (χ4n) is 2.91. The first kappa shape index (κ1) is 13.8. The average Bonchev–Trinajstić information content (AvgIpc) is 3.03. The summed E-state index contributed by atoms with van der Waals surface area (Å²) in [6.45, 7) is 3.31. The minimum Gasteiger partial charge on any atom is -0.357 e. The SMILES string of the molecule is O=S(=O)(c1ccc(N2CCCCC2)nc1)N1CCCC1. The van der Waals surface area contributed by atoms with E-state index >= 15 is 0 Å². The van der Waals surface area contributed by atoms with E-state index < -0.39 is 10.0 Å². The van der Waals surface area contributed by atoms with Crippen LogP contribution >= 0.6 is 0 Å². The maximum Gasteiger partial charge on any atom is 0.244 e. The van der Waals surface area contributed by atoms with Crippen LogP contribution in [0.5, 0.6) is 0 Å². The number of piperidine rings is 1. The second-order valence-electron chi connectivity index (χ2n) is 5.51. The van der Waals surface area contributed by atoms with Crippen LogP contribution in [0.3, 0.4) is 0 Å². The molecule has 2 fully saturated rings. The summed E-state index contributed by atoms with van der Waals surface area (Å²) in [5, 5.41) is 0. The number of aromatic nitrogens is 1. The Kier molecular flexibility index (Phi) is 3.94. The normalized spacial score (nSPS) is 21.3. The van der Waals surface area contributed by atoms with Gasteiger partial charge in [0.2, 0.25) is 10.0 Å². The van der Waals surface area contributed by atoms with Crippen molar-refractivity contribution in [3.05, 3.63) is 18.3 Å². The van der Waals surface area contributed by atoms with Crippen molar-refractivity contribution in [1.82, 2.24) is 9.29 Å². The number of hydrogen-bond donors (Lipinski definition) is 0. The Morgan fingerprint density at radius 3 is 2.15 bits per heavy atom. The summed E-state index contributed by atoms with van der Waals surface area (Å²) < 4.78 is 26.3. The van der Waals surface area contributed by atoms with Crippen molar-refractivity contribution < 1.29 is 8.42 Å². The molecule has 0 amide bonds. The lowest BCUT2D eigenvalue weighted by atomic mass is 10.1. The van der Waals surface area contributed by atoms with Crippen LogP contribution in [0.15, 0.2) is 23.2 Å². The third kappa shape index (κ3) is 2.67. The number of anilines is 1. The Bertz CT molecular complexity index is 544. The first-order valence-corrected chi connectivity index (χ1v) is 8.83. The Hall–Kier alpha value is -1.14. The third-order valence-corrected chi connectivity index (χ3v) is 5.99. The Morgan fingerprint density at radius 1 is 0.900 bits per heavy atom. The van der Waals surface area contributed by atoms with Gasteiger partial charge in [-0.15, -0.1) is 0 Å². The highest BCUT2D eigenvalue weighted by molar-refractivity contribution is 7.89. The summed E-state index contributed by atoms with van der Waals surface area (Å²) in [5.41, 5.74) is 0. The fraction of sp³-hybridized carbons (Fsp3) is 0.643. The van der Waals surface area contributed by atoms with Gasteiger partial charge in [0.25, 0.3) is 0 Å². The second-order valence-corrected chi connectivity index (χ2v) is 7.45. The van der Waals surface area contributed by atoms with Gasteiger partial charge in [0.15, 0.2) is 0 Å². The smallest absolute Gasteiger partial charge is 0.244 e. The molecule has 0 N–H and O–H groups in total. The summed E-state index contributed by atoms with van der Waals surface area (Å²) in [4.78, 5) is 6.91. The van der Waals surface area contributed by atoms with E-state index in [0.29, 0.717) is 18.0 Å². The average molecular weight is 295 g/mol. The van der Waals surface area contributed by atoms with Crippen molar-refractivity contribution in [3.8, 4) is 0 Å². The first-order chi connectivity index (χ1) is 9.68. The fourth-order valence-corrected chi connectivity index (χ4v) is 4.38. The molecule has 0 spiro atoms. The minimum absolute atomic E-state index is 0.320. The summed E-state index contributed by atoms with van der Waals surface area (Å²) in [7, 11) is -3.33.